The summed E-state index contributed by atoms with van der Waals surface area (Å²) in [5, 5.41) is 0. The molecule has 0 fully saturated rings. The van der Waals surface area contributed by atoms with Crippen molar-refractivity contribution < 1.29 is 9.53 Å². The van der Waals surface area contributed by atoms with Crippen molar-refractivity contribution >= 4 is 5.78 Å². The second-order valence-corrected chi connectivity index (χ2v) is 4.93. The first kappa shape index (κ1) is 12.7. The predicted molar refractivity (Wildman–Crippen MR) is 78.5 cm³/mol. The molecular weight excluding hydrogens is 248 g/mol. The Hall–Kier alpha value is -2.35. The Morgan fingerprint density at radius 1 is 0.800 bits per heavy atom. The molecule has 1 aliphatic carbocycles. The molecule has 2 atom stereocenters. The molecule has 100 valence electrons. The van der Waals surface area contributed by atoms with E-state index in [4.69, 9.17) is 4.74 Å². The van der Waals surface area contributed by atoms with Gasteiger partial charge in [0.25, 0.3) is 0 Å². The number of carbonyl (C=O) groups is 1. The summed E-state index contributed by atoms with van der Waals surface area (Å²) >= 11 is 0. The second-order valence-electron chi connectivity index (χ2n) is 4.93. The molecule has 1 aliphatic rings. The van der Waals surface area contributed by atoms with Crippen LogP contribution in [0.25, 0.3) is 0 Å². The molecule has 0 spiro atoms. The third-order valence-electron chi connectivity index (χ3n) is 3.78. The number of benzene rings is 2. The third kappa shape index (κ3) is 2.14. The van der Waals surface area contributed by atoms with Crippen molar-refractivity contribution in [3.05, 3.63) is 83.6 Å². The van der Waals surface area contributed by atoms with Gasteiger partial charge in [0.05, 0.1) is 18.9 Å². The summed E-state index contributed by atoms with van der Waals surface area (Å²) in [5.41, 5.74) is 2.15. The number of ether oxygens (including phenoxy) is 1. The van der Waals surface area contributed by atoms with E-state index in [1.54, 1.807) is 13.2 Å². The Kier molecular flexibility index (Phi) is 3.38. The van der Waals surface area contributed by atoms with Crippen LogP contribution in [0.1, 0.15) is 23.0 Å². The van der Waals surface area contributed by atoms with E-state index in [1.165, 1.54) is 0 Å². The van der Waals surface area contributed by atoms with E-state index < -0.39 is 0 Å². The topological polar surface area (TPSA) is 26.3 Å². The molecule has 0 aliphatic heterocycles. The van der Waals surface area contributed by atoms with Crippen molar-refractivity contribution in [2.75, 3.05) is 7.11 Å². The quantitative estimate of drug-likeness (QED) is 0.845. The number of ketones is 1. The van der Waals surface area contributed by atoms with Gasteiger partial charge in [-0.15, -0.1) is 0 Å². The first-order valence-corrected chi connectivity index (χ1v) is 6.70. The first-order chi connectivity index (χ1) is 9.81. The van der Waals surface area contributed by atoms with E-state index in [0.29, 0.717) is 0 Å². The fourth-order valence-electron chi connectivity index (χ4n) is 2.87. The summed E-state index contributed by atoms with van der Waals surface area (Å²) in [5.74, 6) is 0.640. The minimum Gasteiger partial charge on any atom is -0.500 e. The Morgan fingerprint density at radius 2 is 1.30 bits per heavy atom. The fraction of sp³-hybridized carbons (Fsp3) is 0.167. The van der Waals surface area contributed by atoms with Crippen molar-refractivity contribution in [1.82, 2.24) is 0 Å². The molecule has 2 nitrogen and oxygen atoms in total. The van der Waals surface area contributed by atoms with Gasteiger partial charge < -0.3 is 4.74 Å². The second kappa shape index (κ2) is 5.33. The number of hydrogen-bond donors (Lipinski definition) is 0. The molecule has 0 unspecified atom stereocenters. The third-order valence-corrected chi connectivity index (χ3v) is 3.78. The highest BCUT2D eigenvalue weighted by Crippen LogP contribution is 2.44. The molecule has 0 saturated heterocycles. The van der Waals surface area contributed by atoms with Crippen molar-refractivity contribution in [3.63, 3.8) is 0 Å². The molecule has 0 saturated carbocycles. The van der Waals surface area contributed by atoms with Crippen LogP contribution in [0.3, 0.4) is 0 Å². The predicted octanol–water partition coefficient (Wildman–Crippen LogP) is 3.67. The van der Waals surface area contributed by atoms with Crippen LogP contribution in [-0.4, -0.2) is 12.9 Å². The Bertz CT molecular complexity index is 629. The number of rotatable bonds is 3. The van der Waals surface area contributed by atoms with Crippen LogP contribution in [0, 0.1) is 0 Å². The highest BCUT2D eigenvalue weighted by Gasteiger charge is 2.39. The van der Waals surface area contributed by atoms with E-state index in [0.717, 1.165) is 16.9 Å². The minimum absolute atomic E-state index is 0.0314. The van der Waals surface area contributed by atoms with Gasteiger partial charge >= 0.3 is 0 Å². The summed E-state index contributed by atoms with van der Waals surface area (Å²) in [7, 11) is 1.63. The number of allylic oxidation sites excluding steroid dienone is 2. The maximum absolute atomic E-state index is 12.4. The molecule has 2 aromatic rings. The molecule has 0 amide bonds. The lowest BCUT2D eigenvalue weighted by molar-refractivity contribution is -0.115. The molecule has 0 bridgehead atoms. The maximum Gasteiger partial charge on any atom is 0.167 e. The molecule has 0 N–H and O–H groups in total. The van der Waals surface area contributed by atoms with E-state index in [9.17, 15) is 4.79 Å². The monoisotopic (exact) mass is 264 g/mol. The van der Waals surface area contributed by atoms with Crippen LogP contribution < -0.4 is 0 Å². The van der Waals surface area contributed by atoms with Crippen molar-refractivity contribution in [3.8, 4) is 0 Å². The standard InChI is InChI=1S/C18H16O2/c1-20-16-12-15(19)17(13-8-4-2-5-9-13)18(16)14-10-6-3-7-11-14/h2-12,17-18H,1H3/t17-,18-/m0/s1. The lowest BCUT2D eigenvalue weighted by Crippen LogP contribution is -2.14. The summed E-state index contributed by atoms with van der Waals surface area (Å²) in [6.07, 6.45) is 1.63. The van der Waals surface area contributed by atoms with Crippen molar-refractivity contribution in [1.29, 1.82) is 0 Å². The number of hydrogen-bond acceptors (Lipinski definition) is 2. The van der Waals surface area contributed by atoms with E-state index >= 15 is 0 Å². The van der Waals surface area contributed by atoms with Crippen molar-refractivity contribution in [2.45, 2.75) is 11.8 Å². The molecule has 0 aromatic heterocycles. The first-order valence-electron chi connectivity index (χ1n) is 6.70. The largest absolute Gasteiger partial charge is 0.500 e. The van der Waals surface area contributed by atoms with Crippen LogP contribution in [0.2, 0.25) is 0 Å². The molecular formula is C18H16O2. The van der Waals surface area contributed by atoms with Crippen LogP contribution in [0.5, 0.6) is 0 Å². The van der Waals surface area contributed by atoms with E-state index in [2.05, 4.69) is 0 Å². The van der Waals surface area contributed by atoms with Gasteiger partial charge in [0.2, 0.25) is 0 Å². The fourth-order valence-corrected chi connectivity index (χ4v) is 2.87. The zero-order chi connectivity index (χ0) is 13.9. The van der Waals surface area contributed by atoms with Crippen molar-refractivity contribution in [2.24, 2.45) is 0 Å². The van der Waals surface area contributed by atoms with Crippen LogP contribution >= 0.6 is 0 Å². The Balaban J connectivity index is 2.07. The number of carbonyl (C=O) groups excluding carboxylic acids is 1. The summed E-state index contributed by atoms with van der Waals surface area (Å²) in [4.78, 5) is 12.4. The van der Waals surface area contributed by atoms with E-state index in [1.807, 2.05) is 60.7 Å². The molecule has 0 radical (unpaired) electrons. The summed E-state index contributed by atoms with van der Waals surface area (Å²) in [6.45, 7) is 0. The molecule has 20 heavy (non-hydrogen) atoms. The summed E-state index contributed by atoms with van der Waals surface area (Å²) < 4.78 is 5.44. The molecule has 2 heteroatoms. The lowest BCUT2D eigenvalue weighted by atomic mass is 9.82. The highest BCUT2D eigenvalue weighted by atomic mass is 16.5. The normalized spacial score (nSPS) is 21.6. The highest BCUT2D eigenvalue weighted by molar-refractivity contribution is 6.00. The zero-order valence-corrected chi connectivity index (χ0v) is 11.3. The van der Waals surface area contributed by atoms with Gasteiger partial charge in [-0.1, -0.05) is 60.7 Å². The lowest BCUT2D eigenvalue weighted by Gasteiger charge is -2.22. The van der Waals surface area contributed by atoms with Gasteiger partial charge in [0.1, 0.15) is 5.76 Å². The Morgan fingerprint density at radius 3 is 1.80 bits per heavy atom. The van der Waals surface area contributed by atoms with Crippen LogP contribution in [0.4, 0.5) is 0 Å². The van der Waals surface area contributed by atoms with Gasteiger partial charge in [0.15, 0.2) is 5.78 Å². The minimum atomic E-state index is -0.187. The van der Waals surface area contributed by atoms with Gasteiger partial charge in [-0.25, -0.2) is 0 Å². The van der Waals surface area contributed by atoms with Crippen LogP contribution in [0.15, 0.2) is 72.5 Å². The molecule has 2 aromatic carbocycles. The smallest absolute Gasteiger partial charge is 0.167 e. The SMILES string of the molecule is COC1=CC(=O)[C@H](c2ccccc2)[C@H]1c1ccccc1. The zero-order valence-electron chi connectivity index (χ0n) is 11.3. The maximum atomic E-state index is 12.4. The Labute approximate surface area is 118 Å². The number of methoxy groups -OCH3 is 1. The average molecular weight is 264 g/mol. The average Bonchev–Trinajstić information content (AvgIpc) is 2.85. The molecule has 3 rings (SSSR count). The van der Waals surface area contributed by atoms with Gasteiger partial charge in [0, 0.05) is 6.08 Å². The van der Waals surface area contributed by atoms with Crippen LogP contribution in [-0.2, 0) is 9.53 Å². The molecule has 0 heterocycles. The van der Waals surface area contributed by atoms with Gasteiger partial charge in [-0.05, 0) is 11.1 Å². The van der Waals surface area contributed by atoms with Gasteiger partial charge in [-0.3, -0.25) is 4.79 Å². The summed E-state index contributed by atoms with van der Waals surface area (Å²) in [6, 6.07) is 20.0. The van der Waals surface area contributed by atoms with Gasteiger partial charge in [-0.2, -0.15) is 0 Å². The van der Waals surface area contributed by atoms with E-state index in [-0.39, 0.29) is 17.6 Å².